The Balaban J connectivity index is 1.72. The maximum atomic E-state index is 12.9. The summed E-state index contributed by atoms with van der Waals surface area (Å²) in [4.78, 5) is 12.3. The molecule has 1 aromatic carbocycles. The fourth-order valence-corrected chi connectivity index (χ4v) is 3.09. The van der Waals surface area contributed by atoms with Crippen molar-refractivity contribution in [2.45, 2.75) is 36.1 Å². The van der Waals surface area contributed by atoms with Gasteiger partial charge in [0.1, 0.15) is 11.6 Å². The number of thioether (sulfide) groups is 1. The van der Waals surface area contributed by atoms with E-state index in [0.717, 1.165) is 11.0 Å². The monoisotopic (exact) mass is 305 g/mol. The van der Waals surface area contributed by atoms with E-state index in [1.54, 1.807) is 0 Å². The second-order valence-electron chi connectivity index (χ2n) is 5.31. The quantitative estimate of drug-likeness (QED) is 0.629. The first kappa shape index (κ1) is 14.3. The Morgan fingerprint density at radius 1 is 1.33 bits per heavy atom. The molecule has 3 rings (SSSR count). The molecule has 0 aliphatic heterocycles. The lowest BCUT2D eigenvalue weighted by atomic mass is 10.1. The summed E-state index contributed by atoms with van der Waals surface area (Å²) < 4.78 is 14.9. The van der Waals surface area contributed by atoms with E-state index in [1.807, 2.05) is 18.5 Å². The van der Waals surface area contributed by atoms with Gasteiger partial charge in [-0.25, -0.2) is 4.39 Å². The fraction of sp³-hybridized carbons (Fsp3) is 0.400. The van der Waals surface area contributed by atoms with Gasteiger partial charge in [0.25, 0.3) is 0 Å². The van der Waals surface area contributed by atoms with Crippen LogP contribution in [0.15, 0.2) is 29.4 Å². The number of carbonyl (C=O) groups excluding carboxylic acids is 1. The standard InChI is InChI=1S/C15H16FN3OS/c1-9(13(20)10-5-7-12(16)8-6-10)21-15-18-17-14(19(15)2)11-3-4-11/h5-9,11H,3-4H2,1-2H3/t9-/m0/s1. The molecule has 0 spiro atoms. The molecule has 1 heterocycles. The third-order valence-electron chi connectivity index (χ3n) is 3.59. The van der Waals surface area contributed by atoms with Gasteiger partial charge in [0.05, 0.1) is 5.25 Å². The lowest BCUT2D eigenvalue weighted by Gasteiger charge is -2.10. The van der Waals surface area contributed by atoms with Crippen LogP contribution < -0.4 is 0 Å². The average molecular weight is 305 g/mol. The Hall–Kier alpha value is -1.69. The zero-order valence-corrected chi connectivity index (χ0v) is 12.7. The van der Waals surface area contributed by atoms with Crippen LogP contribution in [0.3, 0.4) is 0 Å². The summed E-state index contributed by atoms with van der Waals surface area (Å²) >= 11 is 1.39. The number of aromatic nitrogens is 3. The van der Waals surface area contributed by atoms with Crippen molar-refractivity contribution in [1.29, 1.82) is 0 Å². The number of carbonyl (C=O) groups is 1. The number of rotatable bonds is 5. The molecular formula is C15H16FN3OS. The molecule has 21 heavy (non-hydrogen) atoms. The third kappa shape index (κ3) is 3.00. The summed E-state index contributed by atoms with van der Waals surface area (Å²) in [6, 6.07) is 5.64. The number of hydrogen-bond acceptors (Lipinski definition) is 4. The van der Waals surface area contributed by atoms with Gasteiger partial charge in [-0.15, -0.1) is 10.2 Å². The van der Waals surface area contributed by atoms with Crippen LogP contribution in [0.5, 0.6) is 0 Å². The molecule has 6 heteroatoms. The van der Waals surface area contributed by atoms with E-state index in [2.05, 4.69) is 10.2 Å². The number of hydrogen-bond donors (Lipinski definition) is 0. The summed E-state index contributed by atoms with van der Waals surface area (Å²) in [6.07, 6.45) is 2.33. The second kappa shape index (κ2) is 5.60. The molecule has 1 aliphatic rings. The minimum absolute atomic E-state index is 0.0315. The van der Waals surface area contributed by atoms with Gasteiger partial charge >= 0.3 is 0 Å². The molecule has 0 bridgehead atoms. The molecule has 1 atom stereocenters. The van der Waals surface area contributed by atoms with Crippen LogP contribution in [0.1, 0.15) is 41.9 Å². The van der Waals surface area contributed by atoms with Crippen molar-refractivity contribution >= 4 is 17.5 Å². The zero-order valence-electron chi connectivity index (χ0n) is 11.9. The number of halogens is 1. The molecule has 0 unspecified atom stereocenters. The van der Waals surface area contributed by atoms with E-state index in [9.17, 15) is 9.18 Å². The molecule has 0 amide bonds. The molecule has 110 valence electrons. The maximum Gasteiger partial charge on any atom is 0.191 e. The molecule has 2 aromatic rings. The lowest BCUT2D eigenvalue weighted by Crippen LogP contribution is -2.14. The van der Waals surface area contributed by atoms with Gasteiger partial charge in [0.15, 0.2) is 10.9 Å². The van der Waals surface area contributed by atoms with Crippen molar-refractivity contribution in [3.8, 4) is 0 Å². The van der Waals surface area contributed by atoms with Crippen LogP contribution in [-0.2, 0) is 7.05 Å². The molecule has 1 fully saturated rings. The van der Waals surface area contributed by atoms with Crippen LogP contribution in [0.25, 0.3) is 0 Å². The largest absolute Gasteiger partial charge is 0.309 e. The lowest BCUT2D eigenvalue weighted by molar-refractivity contribution is 0.0994. The molecule has 0 saturated heterocycles. The van der Waals surface area contributed by atoms with Crippen molar-refractivity contribution in [3.63, 3.8) is 0 Å². The van der Waals surface area contributed by atoms with Gasteiger partial charge in [-0.1, -0.05) is 11.8 Å². The Morgan fingerprint density at radius 2 is 2.00 bits per heavy atom. The maximum absolute atomic E-state index is 12.9. The SMILES string of the molecule is C[C@H](Sc1nnc(C2CC2)n1C)C(=O)c1ccc(F)cc1. The van der Waals surface area contributed by atoms with Crippen LogP contribution >= 0.6 is 11.8 Å². The van der Waals surface area contributed by atoms with Gasteiger partial charge in [0.2, 0.25) is 0 Å². The topological polar surface area (TPSA) is 47.8 Å². The first-order valence-corrected chi connectivity index (χ1v) is 7.80. The van der Waals surface area contributed by atoms with Crippen molar-refractivity contribution < 1.29 is 9.18 Å². The number of ketones is 1. The van der Waals surface area contributed by atoms with Crippen molar-refractivity contribution in [3.05, 3.63) is 41.5 Å². The van der Waals surface area contributed by atoms with E-state index < -0.39 is 0 Å². The predicted octanol–water partition coefficient (Wildman–Crippen LogP) is 3.20. The minimum atomic E-state index is -0.339. The summed E-state index contributed by atoms with van der Waals surface area (Å²) in [5.41, 5.74) is 0.515. The molecule has 4 nitrogen and oxygen atoms in total. The summed E-state index contributed by atoms with van der Waals surface area (Å²) in [6.45, 7) is 1.84. The van der Waals surface area contributed by atoms with E-state index in [1.165, 1.54) is 48.9 Å². The highest BCUT2D eigenvalue weighted by atomic mass is 32.2. The highest BCUT2D eigenvalue weighted by Crippen LogP contribution is 2.39. The molecule has 0 radical (unpaired) electrons. The predicted molar refractivity (Wildman–Crippen MR) is 79.0 cm³/mol. The van der Waals surface area contributed by atoms with Crippen molar-refractivity contribution in [1.82, 2.24) is 14.8 Å². The summed E-state index contributed by atoms with van der Waals surface area (Å²) in [5, 5.41) is 8.84. The Kier molecular flexibility index (Phi) is 3.80. The highest BCUT2D eigenvalue weighted by molar-refractivity contribution is 8.00. The molecule has 1 aliphatic carbocycles. The van der Waals surface area contributed by atoms with Crippen LogP contribution in [0.4, 0.5) is 4.39 Å². The first-order chi connectivity index (χ1) is 10.1. The molecule has 1 aromatic heterocycles. The van der Waals surface area contributed by atoms with Gasteiger partial charge in [-0.2, -0.15) is 0 Å². The Morgan fingerprint density at radius 3 is 2.62 bits per heavy atom. The smallest absolute Gasteiger partial charge is 0.191 e. The number of nitrogens with zero attached hydrogens (tertiary/aromatic N) is 3. The molecule has 1 saturated carbocycles. The summed E-state index contributed by atoms with van der Waals surface area (Å²) in [7, 11) is 1.94. The van der Waals surface area contributed by atoms with Crippen LogP contribution in [0, 0.1) is 5.82 Å². The van der Waals surface area contributed by atoms with Crippen LogP contribution in [0.2, 0.25) is 0 Å². The number of Topliss-reactive ketones (excluding diaryl/α,β-unsaturated/α-hetero) is 1. The Bertz CT molecular complexity index is 664. The Labute approximate surface area is 126 Å². The van der Waals surface area contributed by atoms with Crippen molar-refractivity contribution in [2.24, 2.45) is 7.05 Å². The number of benzene rings is 1. The van der Waals surface area contributed by atoms with E-state index in [-0.39, 0.29) is 16.9 Å². The third-order valence-corrected chi connectivity index (χ3v) is 4.73. The average Bonchev–Trinajstić information content (AvgIpc) is 3.25. The molecular weight excluding hydrogens is 289 g/mol. The normalized spacial score (nSPS) is 16.0. The van der Waals surface area contributed by atoms with E-state index in [0.29, 0.717) is 11.5 Å². The zero-order chi connectivity index (χ0) is 15.0. The van der Waals surface area contributed by atoms with E-state index in [4.69, 9.17) is 0 Å². The van der Waals surface area contributed by atoms with Gasteiger partial charge in [-0.3, -0.25) is 4.79 Å². The minimum Gasteiger partial charge on any atom is -0.309 e. The molecule has 0 N–H and O–H groups in total. The highest BCUT2D eigenvalue weighted by Gasteiger charge is 2.30. The first-order valence-electron chi connectivity index (χ1n) is 6.92. The van der Waals surface area contributed by atoms with Gasteiger partial charge < -0.3 is 4.57 Å². The second-order valence-corrected chi connectivity index (χ2v) is 6.61. The van der Waals surface area contributed by atoms with E-state index >= 15 is 0 Å². The fourth-order valence-electron chi connectivity index (χ4n) is 2.19. The van der Waals surface area contributed by atoms with Gasteiger partial charge in [-0.05, 0) is 44.0 Å². The summed E-state index contributed by atoms with van der Waals surface area (Å²) in [5.74, 6) is 1.16. The van der Waals surface area contributed by atoms with Crippen LogP contribution in [-0.4, -0.2) is 25.8 Å². The van der Waals surface area contributed by atoms with Gasteiger partial charge in [0, 0.05) is 18.5 Å². The van der Waals surface area contributed by atoms with Crippen molar-refractivity contribution in [2.75, 3.05) is 0 Å².